The van der Waals surface area contributed by atoms with Crippen LogP contribution in [0.1, 0.15) is 72.5 Å². The second-order valence-electron chi connectivity index (χ2n) is 11.4. The molecule has 1 saturated heterocycles. The number of phenols is 1. The summed E-state index contributed by atoms with van der Waals surface area (Å²) in [7, 11) is 1.92. The number of nitrogens with zero attached hydrogens (tertiary/aromatic N) is 1. The highest BCUT2D eigenvalue weighted by atomic mass is 16.7. The van der Waals surface area contributed by atoms with Crippen LogP contribution in [0.25, 0.3) is 0 Å². The van der Waals surface area contributed by atoms with Crippen LogP contribution in [0.15, 0.2) is 72.8 Å². The molecule has 5 atom stereocenters. The predicted molar refractivity (Wildman–Crippen MR) is 163 cm³/mol. The van der Waals surface area contributed by atoms with E-state index in [9.17, 15) is 24.9 Å². The van der Waals surface area contributed by atoms with Gasteiger partial charge in [-0.25, -0.2) is 0 Å². The SMILES string of the molecule is CC1C(CN(C)CC(O)c2cccc(O)c2)OC(c2ccc(CNC(=O)CCCC(=O)O)cc2)OC1c1ccc(CO)cc1. The number of benzene rings is 3. The molecule has 1 aliphatic heterocycles. The van der Waals surface area contributed by atoms with E-state index >= 15 is 0 Å². The van der Waals surface area contributed by atoms with Crippen molar-refractivity contribution in [1.29, 1.82) is 0 Å². The van der Waals surface area contributed by atoms with Gasteiger partial charge in [0, 0.05) is 44.0 Å². The van der Waals surface area contributed by atoms with Gasteiger partial charge in [-0.3, -0.25) is 9.59 Å². The highest BCUT2D eigenvalue weighted by molar-refractivity contribution is 5.76. The Labute approximate surface area is 257 Å². The lowest BCUT2D eigenvalue weighted by Crippen LogP contribution is -2.44. The van der Waals surface area contributed by atoms with E-state index in [1.54, 1.807) is 24.3 Å². The zero-order valence-corrected chi connectivity index (χ0v) is 25.1. The average molecular weight is 607 g/mol. The number of aromatic hydroxyl groups is 1. The third-order valence-corrected chi connectivity index (χ3v) is 7.89. The van der Waals surface area contributed by atoms with E-state index in [0.717, 1.165) is 22.3 Å². The van der Waals surface area contributed by atoms with E-state index in [1.165, 1.54) is 0 Å². The molecule has 0 bridgehead atoms. The van der Waals surface area contributed by atoms with Crippen molar-refractivity contribution < 1.29 is 39.5 Å². The highest BCUT2D eigenvalue weighted by Gasteiger charge is 2.39. The zero-order chi connectivity index (χ0) is 31.6. The molecule has 0 aromatic heterocycles. The first-order valence-electron chi connectivity index (χ1n) is 14.9. The minimum Gasteiger partial charge on any atom is -0.508 e. The summed E-state index contributed by atoms with van der Waals surface area (Å²) in [4.78, 5) is 24.7. The molecule has 1 fully saturated rings. The molecule has 0 radical (unpaired) electrons. The summed E-state index contributed by atoms with van der Waals surface area (Å²) in [6.07, 6.45) is -1.57. The lowest BCUT2D eigenvalue weighted by molar-refractivity contribution is -0.276. The number of phenolic OH excluding ortho intramolecular Hbond substituents is 1. The number of hydrogen-bond acceptors (Lipinski definition) is 8. The maximum absolute atomic E-state index is 12.1. The van der Waals surface area contributed by atoms with Crippen LogP contribution < -0.4 is 5.32 Å². The van der Waals surface area contributed by atoms with Gasteiger partial charge in [0.25, 0.3) is 0 Å². The second kappa shape index (κ2) is 15.8. The number of ether oxygens (including phenoxy) is 2. The monoisotopic (exact) mass is 606 g/mol. The van der Waals surface area contributed by atoms with Crippen LogP contribution in [0, 0.1) is 5.92 Å². The van der Waals surface area contributed by atoms with Gasteiger partial charge in [0.1, 0.15) is 5.75 Å². The molecule has 0 spiro atoms. The number of carboxylic acid groups (broad SMARTS) is 1. The quantitative estimate of drug-likeness (QED) is 0.182. The van der Waals surface area contributed by atoms with Gasteiger partial charge in [0.2, 0.25) is 5.91 Å². The van der Waals surface area contributed by atoms with Gasteiger partial charge in [0.05, 0.1) is 24.9 Å². The molecule has 0 saturated carbocycles. The van der Waals surface area contributed by atoms with Crippen molar-refractivity contribution in [2.75, 3.05) is 20.1 Å². The number of carbonyl (C=O) groups is 2. The van der Waals surface area contributed by atoms with E-state index < -0.39 is 18.4 Å². The van der Waals surface area contributed by atoms with Crippen molar-refractivity contribution in [2.45, 2.75) is 63.9 Å². The van der Waals surface area contributed by atoms with Crippen LogP contribution in [0.3, 0.4) is 0 Å². The van der Waals surface area contributed by atoms with Crippen LogP contribution >= 0.6 is 0 Å². The Morgan fingerprint density at radius 3 is 2.30 bits per heavy atom. The van der Waals surface area contributed by atoms with Gasteiger partial charge in [-0.1, -0.05) is 67.6 Å². The van der Waals surface area contributed by atoms with Crippen LogP contribution in [0.4, 0.5) is 0 Å². The Morgan fingerprint density at radius 2 is 1.64 bits per heavy atom. The van der Waals surface area contributed by atoms with Crippen LogP contribution in [-0.4, -0.2) is 63.4 Å². The van der Waals surface area contributed by atoms with Crippen molar-refractivity contribution in [3.8, 4) is 5.75 Å². The Balaban J connectivity index is 1.45. The Bertz CT molecular complexity index is 1360. The minimum absolute atomic E-state index is 0.0381. The van der Waals surface area contributed by atoms with Crippen molar-refractivity contribution in [3.63, 3.8) is 0 Å². The molecular formula is C34H42N2O8. The van der Waals surface area contributed by atoms with Gasteiger partial charge in [-0.05, 0) is 47.9 Å². The Morgan fingerprint density at radius 1 is 0.955 bits per heavy atom. The third kappa shape index (κ3) is 9.35. The molecule has 5 unspecified atom stereocenters. The maximum atomic E-state index is 12.1. The summed E-state index contributed by atoms with van der Waals surface area (Å²) in [5.41, 5.74) is 4.12. The Kier molecular flexibility index (Phi) is 11.9. The molecule has 3 aromatic rings. The number of aliphatic hydroxyl groups excluding tert-OH is 2. The first-order chi connectivity index (χ1) is 21.1. The average Bonchev–Trinajstić information content (AvgIpc) is 3.01. The zero-order valence-electron chi connectivity index (χ0n) is 25.1. The van der Waals surface area contributed by atoms with E-state index in [2.05, 4.69) is 12.2 Å². The standard InChI is InChI=1S/C34H42N2O8/c1-22-30(20-36(2)19-29(39)27-5-3-6-28(38)17-27)43-34(44-33(22)25-13-11-24(21-37)12-14-25)26-15-9-23(10-16-26)18-35-31(40)7-4-8-32(41)42/h3,5-6,9-17,22,29-30,33-34,37-39H,4,7-8,18-21H2,1-2H3,(H,35,40)(H,41,42). The molecule has 236 valence electrons. The number of aliphatic hydroxyl groups is 2. The number of aliphatic carboxylic acids is 1. The summed E-state index contributed by atoms with van der Waals surface area (Å²) in [6.45, 7) is 3.22. The van der Waals surface area contributed by atoms with Crippen molar-refractivity contribution in [2.24, 2.45) is 5.92 Å². The minimum atomic E-state index is -0.917. The first-order valence-corrected chi connectivity index (χ1v) is 14.9. The molecule has 1 amide bonds. The number of carboxylic acids is 1. The normalized spacial score (nSPS) is 20.8. The fourth-order valence-corrected chi connectivity index (χ4v) is 5.32. The molecule has 3 aromatic carbocycles. The van der Waals surface area contributed by atoms with Crippen LogP contribution in [0.2, 0.25) is 0 Å². The van der Waals surface area contributed by atoms with Gasteiger partial charge in [-0.2, -0.15) is 0 Å². The summed E-state index contributed by atoms with van der Waals surface area (Å²) < 4.78 is 13.0. The summed E-state index contributed by atoms with van der Waals surface area (Å²) in [5, 5.41) is 41.7. The van der Waals surface area contributed by atoms with Crippen molar-refractivity contribution in [1.82, 2.24) is 10.2 Å². The fourth-order valence-electron chi connectivity index (χ4n) is 5.32. The summed E-state index contributed by atoms with van der Waals surface area (Å²) >= 11 is 0. The summed E-state index contributed by atoms with van der Waals surface area (Å²) in [5.74, 6) is -1.05. The summed E-state index contributed by atoms with van der Waals surface area (Å²) in [6, 6.07) is 21.9. The second-order valence-corrected chi connectivity index (χ2v) is 11.4. The van der Waals surface area contributed by atoms with Gasteiger partial charge < -0.3 is 40.1 Å². The first kappa shape index (κ1) is 33.1. The number of hydrogen-bond donors (Lipinski definition) is 5. The van der Waals surface area contributed by atoms with Gasteiger partial charge in [-0.15, -0.1) is 0 Å². The van der Waals surface area contributed by atoms with Crippen molar-refractivity contribution in [3.05, 3.63) is 101 Å². The molecule has 10 nitrogen and oxygen atoms in total. The molecule has 10 heteroatoms. The van der Waals surface area contributed by atoms with E-state index in [1.807, 2.05) is 60.5 Å². The molecular weight excluding hydrogens is 564 g/mol. The van der Waals surface area contributed by atoms with Crippen LogP contribution in [0.5, 0.6) is 5.75 Å². The third-order valence-electron chi connectivity index (χ3n) is 7.89. The molecule has 1 aliphatic rings. The van der Waals surface area contributed by atoms with Crippen molar-refractivity contribution >= 4 is 11.9 Å². The number of rotatable bonds is 14. The van der Waals surface area contributed by atoms with Gasteiger partial charge in [0.15, 0.2) is 6.29 Å². The van der Waals surface area contributed by atoms with Gasteiger partial charge >= 0.3 is 5.97 Å². The predicted octanol–water partition coefficient (Wildman–Crippen LogP) is 4.21. The topological polar surface area (TPSA) is 149 Å². The fraction of sp³-hybridized carbons (Fsp3) is 0.412. The largest absolute Gasteiger partial charge is 0.508 e. The number of amides is 1. The highest BCUT2D eigenvalue weighted by Crippen LogP contribution is 2.42. The lowest BCUT2D eigenvalue weighted by Gasteiger charge is -2.42. The molecule has 5 N–H and O–H groups in total. The number of carbonyl (C=O) groups excluding carboxylic acids is 1. The molecule has 1 heterocycles. The maximum Gasteiger partial charge on any atom is 0.303 e. The Hall–Kier alpha value is -3.80. The van der Waals surface area contributed by atoms with E-state index in [4.69, 9.17) is 14.6 Å². The molecule has 4 rings (SSSR count). The smallest absolute Gasteiger partial charge is 0.303 e. The molecule has 44 heavy (non-hydrogen) atoms. The number of likely N-dealkylation sites (N-methyl/N-ethyl adjacent to an activating group) is 1. The van der Waals surface area contributed by atoms with E-state index in [0.29, 0.717) is 31.6 Å². The molecule has 0 aliphatic carbocycles. The number of nitrogens with one attached hydrogen (secondary N) is 1. The lowest BCUT2D eigenvalue weighted by atomic mass is 9.90. The van der Waals surface area contributed by atoms with E-state index in [-0.39, 0.29) is 49.2 Å². The van der Waals surface area contributed by atoms with Crippen LogP contribution in [-0.2, 0) is 32.2 Å².